The zero-order chi connectivity index (χ0) is 14.8. The third kappa shape index (κ3) is 3.56. The second kappa shape index (κ2) is 6.19. The molecule has 106 valence electrons. The standard InChI is InChI=1S/C13H11ClINO3S/c1-19-13-7-6-11(8-12(13)14)20(17,18)16-10-4-2-9(15)3-5-10/h2-8,16H,1H3. The Kier molecular flexibility index (Phi) is 4.77. The topological polar surface area (TPSA) is 55.4 Å². The number of methoxy groups -OCH3 is 1. The molecule has 0 aromatic heterocycles. The van der Waals surface area contributed by atoms with Crippen molar-refractivity contribution in [2.24, 2.45) is 0 Å². The van der Waals surface area contributed by atoms with Crippen molar-refractivity contribution >= 4 is 49.9 Å². The highest BCUT2D eigenvalue weighted by molar-refractivity contribution is 14.1. The molecule has 0 aliphatic heterocycles. The monoisotopic (exact) mass is 423 g/mol. The maximum Gasteiger partial charge on any atom is 0.261 e. The molecule has 0 heterocycles. The molecule has 0 bridgehead atoms. The summed E-state index contributed by atoms with van der Waals surface area (Å²) < 4.78 is 33.0. The van der Waals surface area contributed by atoms with Crippen molar-refractivity contribution in [3.8, 4) is 5.75 Å². The van der Waals surface area contributed by atoms with Crippen LogP contribution >= 0.6 is 34.2 Å². The first-order valence-corrected chi connectivity index (χ1v) is 8.48. The van der Waals surface area contributed by atoms with E-state index < -0.39 is 10.0 Å². The zero-order valence-electron chi connectivity index (χ0n) is 10.4. The molecule has 4 nitrogen and oxygen atoms in total. The van der Waals surface area contributed by atoms with Gasteiger partial charge in [-0.3, -0.25) is 4.72 Å². The molecule has 0 amide bonds. The average Bonchev–Trinajstić information content (AvgIpc) is 2.41. The van der Waals surface area contributed by atoms with E-state index >= 15 is 0 Å². The van der Waals surface area contributed by atoms with Gasteiger partial charge in [-0.2, -0.15) is 0 Å². The fraction of sp³-hybridized carbons (Fsp3) is 0.0769. The largest absolute Gasteiger partial charge is 0.495 e. The first-order chi connectivity index (χ1) is 9.42. The normalized spacial score (nSPS) is 11.2. The highest BCUT2D eigenvalue weighted by atomic mass is 127. The van der Waals surface area contributed by atoms with E-state index in [4.69, 9.17) is 16.3 Å². The molecule has 0 saturated heterocycles. The van der Waals surface area contributed by atoms with Gasteiger partial charge in [-0.1, -0.05) is 11.6 Å². The molecule has 7 heteroatoms. The lowest BCUT2D eigenvalue weighted by atomic mass is 10.3. The van der Waals surface area contributed by atoms with Gasteiger partial charge >= 0.3 is 0 Å². The Bertz CT molecular complexity index is 717. The predicted octanol–water partition coefficient (Wildman–Crippen LogP) is 3.75. The summed E-state index contributed by atoms with van der Waals surface area (Å²) in [6.07, 6.45) is 0. The van der Waals surface area contributed by atoms with Crippen LogP contribution in [0, 0.1) is 3.57 Å². The third-order valence-electron chi connectivity index (χ3n) is 2.53. The second-order valence-corrected chi connectivity index (χ2v) is 7.24. The lowest BCUT2D eigenvalue weighted by Crippen LogP contribution is -2.12. The van der Waals surface area contributed by atoms with Crippen molar-refractivity contribution in [3.05, 3.63) is 51.1 Å². The van der Waals surface area contributed by atoms with Gasteiger partial charge in [0.05, 0.1) is 17.0 Å². The third-order valence-corrected chi connectivity index (χ3v) is 4.92. The SMILES string of the molecule is COc1ccc(S(=O)(=O)Nc2ccc(I)cc2)cc1Cl. The average molecular weight is 424 g/mol. The molecule has 0 aliphatic carbocycles. The van der Waals surface area contributed by atoms with Crippen molar-refractivity contribution in [2.75, 3.05) is 11.8 Å². The maximum atomic E-state index is 12.2. The van der Waals surface area contributed by atoms with Crippen molar-refractivity contribution < 1.29 is 13.2 Å². The molecule has 0 radical (unpaired) electrons. The molecular weight excluding hydrogens is 413 g/mol. The van der Waals surface area contributed by atoms with Gasteiger partial charge in [0.15, 0.2) is 0 Å². The molecule has 0 spiro atoms. The lowest BCUT2D eigenvalue weighted by Gasteiger charge is -2.10. The molecule has 2 aromatic rings. The van der Waals surface area contributed by atoms with Gasteiger partial charge in [-0.25, -0.2) is 8.42 Å². The quantitative estimate of drug-likeness (QED) is 0.762. The van der Waals surface area contributed by atoms with Gasteiger partial charge in [-0.15, -0.1) is 0 Å². The van der Waals surface area contributed by atoms with Crippen LogP contribution in [0.4, 0.5) is 5.69 Å². The van der Waals surface area contributed by atoms with Gasteiger partial charge in [0.2, 0.25) is 0 Å². The molecule has 1 N–H and O–H groups in total. The van der Waals surface area contributed by atoms with Gasteiger partial charge in [-0.05, 0) is 65.1 Å². The summed E-state index contributed by atoms with van der Waals surface area (Å²) in [5.41, 5.74) is 0.498. The van der Waals surface area contributed by atoms with Crippen LogP contribution in [-0.4, -0.2) is 15.5 Å². The number of hydrogen-bond acceptors (Lipinski definition) is 3. The summed E-state index contributed by atoms with van der Waals surface area (Å²) in [7, 11) is -2.19. The number of hydrogen-bond donors (Lipinski definition) is 1. The summed E-state index contributed by atoms with van der Waals surface area (Å²) in [4.78, 5) is 0.0850. The van der Waals surface area contributed by atoms with E-state index in [9.17, 15) is 8.42 Å². The molecule has 20 heavy (non-hydrogen) atoms. The van der Waals surface area contributed by atoms with Crippen LogP contribution in [-0.2, 0) is 10.0 Å². The molecule has 0 aliphatic rings. The van der Waals surface area contributed by atoms with Crippen LogP contribution in [0.25, 0.3) is 0 Å². The van der Waals surface area contributed by atoms with Gasteiger partial charge < -0.3 is 4.74 Å². The lowest BCUT2D eigenvalue weighted by molar-refractivity contribution is 0.414. The van der Waals surface area contributed by atoms with Crippen LogP contribution in [0.2, 0.25) is 5.02 Å². The molecule has 0 saturated carbocycles. The Morgan fingerprint density at radius 2 is 1.80 bits per heavy atom. The smallest absolute Gasteiger partial charge is 0.261 e. The van der Waals surface area contributed by atoms with Crippen LogP contribution in [0.1, 0.15) is 0 Å². The molecular formula is C13H11ClINO3S. The van der Waals surface area contributed by atoms with Crippen molar-refractivity contribution in [3.63, 3.8) is 0 Å². The first kappa shape index (κ1) is 15.4. The fourth-order valence-corrected chi connectivity index (χ4v) is 3.31. The second-order valence-electron chi connectivity index (χ2n) is 3.91. The van der Waals surface area contributed by atoms with E-state index in [0.717, 1.165) is 3.57 Å². The number of ether oxygens (including phenoxy) is 1. The van der Waals surface area contributed by atoms with Crippen molar-refractivity contribution in [1.82, 2.24) is 0 Å². The number of sulfonamides is 1. The Hall–Kier alpha value is -0.990. The van der Waals surface area contributed by atoms with E-state index in [1.807, 2.05) is 12.1 Å². The molecule has 2 aromatic carbocycles. The van der Waals surface area contributed by atoms with Crippen LogP contribution in [0.5, 0.6) is 5.75 Å². The summed E-state index contributed by atoms with van der Waals surface area (Å²) in [6.45, 7) is 0. The van der Waals surface area contributed by atoms with E-state index in [1.165, 1.54) is 25.3 Å². The van der Waals surface area contributed by atoms with Gasteiger partial charge in [0.1, 0.15) is 5.75 Å². The summed E-state index contributed by atoms with van der Waals surface area (Å²) >= 11 is 8.09. The Morgan fingerprint density at radius 3 is 2.35 bits per heavy atom. The Balaban J connectivity index is 2.30. The molecule has 2 rings (SSSR count). The number of rotatable bonds is 4. The predicted molar refractivity (Wildman–Crippen MR) is 88.0 cm³/mol. The van der Waals surface area contributed by atoms with E-state index in [0.29, 0.717) is 11.4 Å². The van der Waals surface area contributed by atoms with Crippen molar-refractivity contribution in [1.29, 1.82) is 0 Å². The highest BCUT2D eigenvalue weighted by Gasteiger charge is 2.16. The highest BCUT2D eigenvalue weighted by Crippen LogP contribution is 2.27. The summed E-state index contributed by atoms with van der Waals surface area (Å²) in [5, 5.41) is 0.248. The molecule has 0 unspecified atom stereocenters. The maximum absolute atomic E-state index is 12.2. The van der Waals surface area contributed by atoms with Crippen LogP contribution < -0.4 is 9.46 Å². The van der Waals surface area contributed by atoms with Gasteiger partial charge in [0.25, 0.3) is 10.0 Å². The van der Waals surface area contributed by atoms with E-state index in [1.54, 1.807) is 12.1 Å². The minimum atomic E-state index is -3.67. The summed E-state index contributed by atoms with van der Waals surface area (Å²) in [5.74, 6) is 0.430. The minimum absolute atomic E-state index is 0.0850. The molecule has 0 atom stereocenters. The number of halogens is 2. The van der Waals surface area contributed by atoms with Crippen LogP contribution in [0.3, 0.4) is 0 Å². The minimum Gasteiger partial charge on any atom is -0.495 e. The van der Waals surface area contributed by atoms with E-state index in [-0.39, 0.29) is 9.92 Å². The zero-order valence-corrected chi connectivity index (χ0v) is 14.2. The van der Waals surface area contributed by atoms with Gasteiger partial charge in [0, 0.05) is 9.26 Å². The van der Waals surface area contributed by atoms with Crippen LogP contribution in [0.15, 0.2) is 47.4 Å². The first-order valence-electron chi connectivity index (χ1n) is 5.54. The fourth-order valence-electron chi connectivity index (χ4n) is 1.55. The summed E-state index contributed by atoms with van der Waals surface area (Å²) in [6, 6.07) is 11.4. The Morgan fingerprint density at radius 1 is 1.15 bits per heavy atom. The van der Waals surface area contributed by atoms with E-state index in [2.05, 4.69) is 27.3 Å². The number of benzene rings is 2. The Labute approximate surface area is 136 Å². The number of anilines is 1. The van der Waals surface area contributed by atoms with Crippen molar-refractivity contribution in [2.45, 2.75) is 4.90 Å². The molecule has 0 fully saturated rings. The number of nitrogens with one attached hydrogen (secondary N) is 1.